The van der Waals surface area contributed by atoms with Gasteiger partial charge in [-0.3, -0.25) is 0 Å². The lowest BCUT2D eigenvalue weighted by Crippen LogP contribution is -2.46. The zero-order valence-corrected chi connectivity index (χ0v) is 10.9. The van der Waals surface area contributed by atoms with Crippen molar-refractivity contribution in [2.24, 2.45) is 0 Å². The molecule has 2 atom stereocenters. The first kappa shape index (κ1) is 13.4. The molecule has 1 aromatic carbocycles. The maximum Gasteiger partial charge on any atom is 0.326 e. The number of carbonyl (C=O) groups is 2. The third-order valence-corrected chi connectivity index (χ3v) is 3.44. The Morgan fingerprint density at radius 2 is 2.05 bits per heavy atom. The molecule has 1 heterocycles. The smallest absolute Gasteiger partial charge is 0.326 e. The Kier molecular flexibility index (Phi) is 4.04. The SMILES string of the molecule is C[C@@H](NC(=O)N1CCC[C@H]1C(=O)O)c1ccccc1. The van der Waals surface area contributed by atoms with E-state index in [0.717, 1.165) is 12.0 Å². The number of carboxylic acid groups (broad SMARTS) is 1. The van der Waals surface area contributed by atoms with Crippen molar-refractivity contribution in [1.29, 1.82) is 0 Å². The predicted octanol–water partition coefficient (Wildman–Crippen LogP) is 2.01. The second kappa shape index (κ2) is 5.73. The minimum atomic E-state index is -0.931. The van der Waals surface area contributed by atoms with Crippen molar-refractivity contribution in [2.75, 3.05) is 6.54 Å². The molecule has 0 aromatic heterocycles. The third-order valence-electron chi connectivity index (χ3n) is 3.44. The Morgan fingerprint density at radius 3 is 2.68 bits per heavy atom. The molecular weight excluding hydrogens is 244 g/mol. The molecular formula is C14H18N2O3. The first-order chi connectivity index (χ1) is 9.09. The number of carbonyl (C=O) groups excluding carboxylic acids is 1. The molecule has 1 aliphatic rings. The van der Waals surface area contributed by atoms with Crippen LogP contribution in [0.2, 0.25) is 0 Å². The molecule has 0 saturated carbocycles. The summed E-state index contributed by atoms with van der Waals surface area (Å²) in [6.45, 7) is 2.39. The quantitative estimate of drug-likeness (QED) is 0.875. The number of amides is 2. The van der Waals surface area contributed by atoms with Crippen LogP contribution < -0.4 is 5.32 Å². The molecule has 5 nitrogen and oxygen atoms in total. The zero-order chi connectivity index (χ0) is 13.8. The van der Waals surface area contributed by atoms with E-state index in [4.69, 9.17) is 5.11 Å². The first-order valence-corrected chi connectivity index (χ1v) is 6.44. The fourth-order valence-electron chi connectivity index (χ4n) is 2.36. The van der Waals surface area contributed by atoms with E-state index in [1.54, 1.807) is 0 Å². The molecule has 1 saturated heterocycles. The zero-order valence-electron chi connectivity index (χ0n) is 10.9. The van der Waals surface area contributed by atoms with Gasteiger partial charge in [-0.2, -0.15) is 0 Å². The van der Waals surface area contributed by atoms with Gasteiger partial charge in [0.15, 0.2) is 0 Å². The van der Waals surface area contributed by atoms with Crippen LogP contribution in [0.15, 0.2) is 30.3 Å². The summed E-state index contributed by atoms with van der Waals surface area (Å²) in [5, 5.41) is 11.9. The number of carboxylic acids is 1. The molecule has 5 heteroatoms. The summed E-state index contributed by atoms with van der Waals surface area (Å²) in [4.78, 5) is 24.6. The normalized spacial score (nSPS) is 20.1. The van der Waals surface area contributed by atoms with E-state index in [1.807, 2.05) is 37.3 Å². The molecule has 1 aliphatic heterocycles. The van der Waals surface area contributed by atoms with Gasteiger partial charge < -0.3 is 15.3 Å². The summed E-state index contributed by atoms with van der Waals surface area (Å²) in [5.74, 6) is -0.931. The van der Waals surface area contributed by atoms with Gasteiger partial charge in [0.05, 0.1) is 6.04 Å². The van der Waals surface area contributed by atoms with Crippen LogP contribution in [-0.2, 0) is 4.79 Å². The van der Waals surface area contributed by atoms with Gasteiger partial charge in [0.1, 0.15) is 6.04 Å². The van der Waals surface area contributed by atoms with Crippen molar-refractivity contribution in [1.82, 2.24) is 10.2 Å². The van der Waals surface area contributed by atoms with Crippen molar-refractivity contribution >= 4 is 12.0 Å². The third kappa shape index (κ3) is 3.05. The minimum absolute atomic E-state index is 0.135. The molecule has 1 fully saturated rings. The van der Waals surface area contributed by atoms with Crippen molar-refractivity contribution in [2.45, 2.75) is 31.8 Å². The summed E-state index contributed by atoms with van der Waals surface area (Å²) in [6, 6.07) is 8.47. The number of likely N-dealkylation sites (tertiary alicyclic amines) is 1. The monoisotopic (exact) mass is 262 g/mol. The molecule has 0 unspecified atom stereocenters. The molecule has 2 rings (SSSR count). The topological polar surface area (TPSA) is 69.6 Å². The number of nitrogens with one attached hydrogen (secondary N) is 1. The van der Waals surface area contributed by atoms with Crippen LogP contribution in [0.3, 0.4) is 0 Å². The van der Waals surface area contributed by atoms with Crippen LogP contribution in [0, 0.1) is 0 Å². The number of benzene rings is 1. The average Bonchev–Trinajstić information content (AvgIpc) is 2.89. The maximum atomic E-state index is 12.1. The Hall–Kier alpha value is -2.04. The second-order valence-corrected chi connectivity index (χ2v) is 4.77. The summed E-state index contributed by atoms with van der Waals surface area (Å²) >= 11 is 0. The van der Waals surface area contributed by atoms with Crippen LogP contribution >= 0.6 is 0 Å². The van der Waals surface area contributed by atoms with Crippen LogP contribution in [-0.4, -0.2) is 34.6 Å². The average molecular weight is 262 g/mol. The fourth-order valence-corrected chi connectivity index (χ4v) is 2.36. The van der Waals surface area contributed by atoms with E-state index < -0.39 is 12.0 Å². The summed E-state index contributed by atoms with van der Waals surface area (Å²) < 4.78 is 0. The maximum absolute atomic E-state index is 12.1. The predicted molar refractivity (Wildman–Crippen MR) is 70.8 cm³/mol. The van der Waals surface area contributed by atoms with E-state index in [1.165, 1.54) is 4.90 Å². The Bertz CT molecular complexity index is 461. The summed E-state index contributed by atoms with van der Waals surface area (Å²) in [5.41, 5.74) is 1.00. The Labute approximate surface area is 112 Å². The van der Waals surface area contributed by atoms with Gasteiger partial charge in [0.25, 0.3) is 0 Å². The van der Waals surface area contributed by atoms with Crippen molar-refractivity contribution < 1.29 is 14.7 Å². The molecule has 0 bridgehead atoms. The fraction of sp³-hybridized carbons (Fsp3) is 0.429. The van der Waals surface area contributed by atoms with Crippen LogP contribution in [0.1, 0.15) is 31.4 Å². The molecule has 19 heavy (non-hydrogen) atoms. The lowest BCUT2D eigenvalue weighted by molar-refractivity contribution is -0.141. The molecule has 1 aromatic rings. The van der Waals surface area contributed by atoms with E-state index in [9.17, 15) is 9.59 Å². The van der Waals surface area contributed by atoms with Gasteiger partial charge in [0, 0.05) is 6.54 Å². The van der Waals surface area contributed by atoms with Crippen LogP contribution in [0.25, 0.3) is 0 Å². The molecule has 102 valence electrons. The highest BCUT2D eigenvalue weighted by Gasteiger charge is 2.34. The number of urea groups is 1. The van der Waals surface area contributed by atoms with Crippen LogP contribution in [0.4, 0.5) is 4.79 Å². The van der Waals surface area contributed by atoms with E-state index in [-0.39, 0.29) is 12.1 Å². The molecule has 0 radical (unpaired) electrons. The van der Waals surface area contributed by atoms with Crippen molar-refractivity contribution in [3.63, 3.8) is 0 Å². The Morgan fingerprint density at radius 1 is 1.37 bits per heavy atom. The molecule has 2 N–H and O–H groups in total. The standard InChI is InChI=1S/C14H18N2O3/c1-10(11-6-3-2-4-7-11)15-14(19)16-9-5-8-12(16)13(17)18/h2-4,6-7,10,12H,5,8-9H2,1H3,(H,15,19)(H,17,18)/t10-,12+/m1/s1. The number of rotatable bonds is 3. The van der Waals surface area contributed by atoms with Gasteiger partial charge >= 0.3 is 12.0 Å². The van der Waals surface area contributed by atoms with E-state index >= 15 is 0 Å². The van der Waals surface area contributed by atoms with Gasteiger partial charge in [-0.15, -0.1) is 0 Å². The number of nitrogens with zero attached hydrogens (tertiary/aromatic N) is 1. The number of aliphatic carboxylic acids is 1. The van der Waals surface area contributed by atoms with E-state index in [2.05, 4.69) is 5.32 Å². The highest BCUT2D eigenvalue weighted by molar-refractivity contribution is 5.83. The molecule has 2 amide bonds. The molecule has 0 spiro atoms. The van der Waals surface area contributed by atoms with Gasteiger partial charge in [-0.05, 0) is 25.3 Å². The highest BCUT2D eigenvalue weighted by atomic mass is 16.4. The van der Waals surface area contributed by atoms with E-state index in [0.29, 0.717) is 13.0 Å². The van der Waals surface area contributed by atoms with Crippen molar-refractivity contribution in [3.05, 3.63) is 35.9 Å². The highest BCUT2D eigenvalue weighted by Crippen LogP contribution is 2.19. The Balaban J connectivity index is 1.99. The van der Waals surface area contributed by atoms with Gasteiger partial charge in [-0.1, -0.05) is 30.3 Å². The van der Waals surface area contributed by atoms with Crippen molar-refractivity contribution in [3.8, 4) is 0 Å². The number of hydrogen-bond donors (Lipinski definition) is 2. The summed E-state index contributed by atoms with van der Waals surface area (Å²) in [6.07, 6.45) is 1.27. The summed E-state index contributed by atoms with van der Waals surface area (Å²) in [7, 11) is 0. The lowest BCUT2D eigenvalue weighted by Gasteiger charge is -2.24. The largest absolute Gasteiger partial charge is 0.480 e. The second-order valence-electron chi connectivity index (χ2n) is 4.77. The lowest BCUT2D eigenvalue weighted by atomic mass is 10.1. The van der Waals surface area contributed by atoms with Gasteiger partial charge in [-0.25, -0.2) is 9.59 Å². The van der Waals surface area contributed by atoms with Crippen LogP contribution in [0.5, 0.6) is 0 Å². The number of hydrogen-bond acceptors (Lipinski definition) is 2. The molecule has 0 aliphatic carbocycles. The minimum Gasteiger partial charge on any atom is -0.480 e. The first-order valence-electron chi connectivity index (χ1n) is 6.44. The van der Waals surface area contributed by atoms with Gasteiger partial charge in [0.2, 0.25) is 0 Å².